The van der Waals surface area contributed by atoms with E-state index in [1.807, 2.05) is 6.92 Å². The highest BCUT2D eigenvalue weighted by molar-refractivity contribution is 5.90. The Labute approximate surface area is 110 Å². The lowest BCUT2D eigenvalue weighted by atomic mass is 10.2. The normalized spacial score (nSPS) is 12.1. The summed E-state index contributed by atoms with van der Waals surface area (Å²) in [6, 6.07) is 3.56. The fourth-order valence-electron chi connectivity index (χ4n) is 1.50. The maximum atomic E-state index is 11.6. The lowest BCUT2D eigenvalue weighted by Gasteiger charge is -2.07. The molecule has 0 radical (unpaired) electrons. The Kier molecular flexibility index (Phi) is 4.19. The standard InChI is InChI=1S/C12H16N6O/c1-9(13)2-5-12(19)17-10-3-4-11(15-6-10)18-8-14-7-16-18/h3-4,6-9H,2,5,13H2,1H3,(H,17,19). The number of amides is 1. The third kappa shape index (κ3) is 3.85. The number of carbonyl (C=O) groups excluding carboxylic acids is 1. The number of nitrogens with zero attached hydrogens (tertiary/aromatic N) is 4. The van der Waals surface area contributed by atoms with Crippen molar-refractivity contribution in [3.8, 4) is 5.82 Å². The number of rotatable bonds is 5. The van der Waals surface area contributed by atoms with Crippen LogP contribution in [0.1, 0.15) is 19.8 Å². The molecule has 1 unspecified atom stereocenters. The molecule has 0 spiro atoms. The average molecular weight is 260 g/mol. The largest absolute Gasteiger partial charge is 0.328 e. The van der Waals surface area contributed by atoms with E-state index in [0.717, 1.165) is 0 Å². The van der Waals surface area contributed by atoms with E-state index in [2.05, 4.69) is 20.4 Å². The number of hydrogen-bond donors (Lipinski definition) is 2. The van der Waals surface area contributed by atoms with Crippen molar-refractivity contribution < 1.29 is 4.79 Å². The van der Waals surface area contributed by atoms with Crippen molar-refractivity contribution in [2.45, 2.75) is 25.8 Å². The predicted octanol–water partition coefficient (Wildman–Crippen LogP) is 0.728. The van der Waals surface area contributed by atoms with Crippen LogP contribution in [0.2, 0.25) is 0 Å². The van der Waals surface area contributed by atoms with Gasteiger partial charge in [0.2, 0.25) is 5.91 Å². The lowest BCUT2D eigenvalue weighted by Crippen LogP contribution is -2.19. The molecule has 0 aliphatic heterocycles. The second-order valence-electron chi connectivity index (χ2n) is 4.31. The van der Waals surface area contributed by atoms with Crippen molar-refractivity contribution in [2.75, 3.05) is 5.32 Å². The van der Waals surface area contributed by atoms with Crippen LogP contribution in [0.4, 0.5) is 5.69 Å². The number of nitrogens with one attached hydrogen (secondary N) is 1. The summed E-state index contributed by atoms with van der Waals surface area (Å²) in [5, 5.41) is 6.74. The molecular formula is C12H16N6O. The SMILES string of the molecule is CC(N)CCC(=O)Nc1ccc(-n2cncn2)nc1. The monoisotopic (exact) mass is 260 g/mol. The number of nitrogens with two attached hydrogens (primary N) is 1. The predicted molar refractivity (Wildman–Crippen MR) is 70.7 cm³/mol. The molecule has 1 amide bonds. The van der Waals surface area contributed by atoms with Crippen molar-refractivity contribution in [2.24, 2.45) is 5.73 Å². The van der Waals surface area contributed by atoms with Crippen LogP contribution in [0.25, 0.3) is 5.82 Å². The zero-order valence-corrected chi connectivity index (χ0v) is 10.7. The van der Waals surface area contributed by atoms with E-state index in [4.69, 9.17) is 5.73 Å². The summed E-state index contributed by atoms with van der Waals surface area (Å²) in [4.78, 5) is 19.6. The number of hydrogen-bond acceptors (Lipinski definition) is 5. The van der Waals surface area contributed by atoms with Gasteiger partial charge in [-0.25, -0.2) is 14.6 Å². The van der Waals surface area contributed by atoms with E-state index in [9.17, 15) is 4.79 Å². The van der Waals surface area contributed by atoms with Crippen LogP contribution in [-0.4, -0.2) is 31.7 Å². The van der Waals surface area contributed by atoms with Gasteiger partial charge in [-0.15, -0.1) is 0 Å². The van der Waals surface area contributed by atoms with Gasteiger partial charge in [0.25, 0.3) is 0 Å². The van der Waals surface area contributed by atoms with Crippen LogP contribution in [0, 0.1) is 0 Å². The zero-order chi connectivity index (χ0) is 13.7. The van der Waals surface area contributed by atoms with Crippen LogP contribution >= 0.6 is 0 Å². The quantitative estimate of drug-likeness (QED) is 0.825. The fraction of sp³-hybridized carbons (Fsp3) is 0.333. The molecule has 2 rings (SSSR count). The molecule has 7 heteroatoms. The second-order valence-corrected chi connectivity index (χ2v) is 4.31. The van der Waals surface area contributed by atoms with Crippen LogP contribution < -0.4 is 11.1 Å². The number of aromatic nitrogens is 4. The highest BCUT2D eigenvalue weighted by Gasteiger charge is 2.05. The fourth-order valence-corrected chi connectivity index (χ4v) is 1.50. The minimum absolute atomic E-state index is 0.0265. The molecule has 7 nitrogen and oxygen atoms in total. The highest BCUT2D eigenvalue weighted by atomic mass is 16.1. The Balaban J connectivity index is 1.94. The Morgan fingerprint density at radius 3 is 2.95 bits per heavy atom. The molecule has 3 N–H and O–H groups in total. The smallest absolute Gasteiger partial charge is 0.224 e. The molecule has 100 valence electrons. The Hall–Kier alpha value is -2.28. The van der Waals surface area contributed by atoms with Gasteiger partial charge in [0.15, 0.2) is 5.82 Å². The van der Waals surface area contributed by atoms with Crippen LogP contribution in [-0.2, 0) is 4.79 Å². The van der Waals surface area contributed by atoms with Gasteiger partial charge in [-0.1, -0.05) is 0 Å². The van der Waals surface area contributed by atoms with Gasteiger partial charge in [0, 0.05) is 12.5 Å². The van der Waals surface area contributed by atoms with Gasteiger partial charge in [-0.3, -0.25) is 4.79 Å². The summed E-state index contributed by atoms with van der Waals surface area (Å²) in [5.41, 5.74) is 6.25. The minimum atomic E-state index is -0.0624. The first kappa shape index (κ1) is 13.2. The van der Waals surface area contributed by atoms with Crippen molar-refractivity contribution in [1.29, 1.82) is 0 Å². The van der Waals surface area contributed by atoms with E-state index < -0.39 is 0 Å². The number of carbonyl (C=O) groups is 1. The Bertz CT molecular complexity index is 520. The second kappa shape index (κ2) is 6.05. The Morgan fingerprint density at radius 2 is 2.37 bits per heavy atom. The molecular weight excluding hydrogens is 244 g/mol. The van der Waals surface area contributed by atoms with E-state index >= 15 is 0 Å². The average Bonchev–Trinajstić information content (AvgIpc) is 2.91. The maximum absolute atomic E-state index is 11.6. The van der Waals surface area contributed by atoms with Crippen molar-refractivity contribution >= 4 is 11.6 Å². The summed E-state index contributed by atoms with van der Waals surface area (Å²) in [7, 11) is 0. The zero-order valence-electron chi connectivity index (χ0n) is 10.7. The first-order chi connectivity index (χ1) is 9.15. The van der Waals surface area contributed by atoms with Gasteiger partial charge in [-0.05, 0) is 25.5 Å². The third-order valence-electron chi connectivity index (χ3n) is 2.51. The van der Waals surface area contributed by atoms with Crippen LogP contribution in [0.3, 0.4) is 0 Å². The van der Waals surface area contributed by atoms with E-state index in [0.29, 0.717) is 24.3 Å². The van der Waals surface area contributed by atoms with E-state index in [-0.39, 0.29) is 11.9 Å². The molecule has 2 aromatic rings. The number of anilines is 1. The molecule has 2 aromatic heterocycles. The molecule has 0 aliphatic rings. The highest BCUT2D eigenvalue weighted by Crippen LogP contribution is 2.09. The summed E-state index contributed by atoms with van der Waals surface area (Å²) in [6.45, 7) is 1.88. The molecule has 19 heavy (non-hydrogen) atoms. The van der Waals surface area contributed by atoms with Gasteiger partial charge in [0.05, 0.1) is 11.9 Å². The molecule has 0 saturated heterocycles. The molecule has 0 fully saturated rings. The van der Waals surface area contributed by atoms with Crippen molar-refractivity contribution in [3.63, 3.8) is 0 Å². The van der Waals surface area contributed by atoms with Crippen molar-refractivity contribution in [3.05, 3.63) is 31.0 Å². The minimum Gasteiger partial charge on any atom is -0.328 e. The van der Waals surface area contributed by atoms with Crippen molar-refractivity contribution in [1.82, 2.24) is 19.7 Å². The lowest BCUT2D eigenvalue weighted by molar-refractivity contribution is -0.116. The van der Waals surface area contributed by atoms with Gasteiger partial charge < -0.3 is 11.1 Å². The first-order valence-corrected chi connectivity index (χ1v) is 6.01. The van der Waals surface area contributed by atoms with E-state index in [1.165, 1.54) is 6.33 Å². The summed E-state index contributed by atoms with van der Waals surface area (Å²) >= 11 is 0. The topological polar surface area (TPSA) is 98.7 Å². The summed E-state index contributed by atoms with van der Waals surface area (Å²) in [5.74, 6) is 0.582. The Morgan fingerprint density at radius 1 is 1.53 bits per heavy atom. The summed E-state index contributed by atoms with van der Waals surface area (Å²) < 4.78 is 1.54. The van der Waals surface area contributed by atoms with Gasteiger partial charge >= 0.3 is 0 Å². The van der Waals surface area contributed by atoms with Gasteiger partial charge in [-0.2, -0.15) is 5.10 Å². The van der Waals surface area contributed by atoms with Gasteiger partial charge in [0.1, 0.15) is 12.7 Å². The van der Waals surface area contributed by atoms with Crippen LogP contribution in [0.5, 0.6) is 0 Å². The third-order valence-corrected chi connectivity index (χ3v) is 2.51. The molecule has 0 saturated carbocycles. The maximum Gasteiger partial charge on any atom is 0.224 e. The molecule has 1 atom stereocenters. The summed E-state index contributed by atoms with van der Waals surface area (Å²) in [6.07, 6.45) is 5.65. The first-order valence-electron chi connectivity index (χ1n) is 6.01. The van der Waals surface area contributed by atoms with E-state index in [1.54, 1.807) is 29.3 Å². The molecule has 2 heterocycles. The molecule has 0 bridgehead atoms. The number of pyridine rings is 1. The van der Waals surface area contributed by atoms with Crippen LogP contribution in [0.15, 0.2) is 31.0 Å². The molecule has 0 aliphatic carbocycles. The molecule has 0 aromatic carbocycles.